The van der Waals surface area contributed by atoms with E-state index in [0.29, 0.717) is 5.92 Å². The van der Waals surface area contributed by atoms with Gasteiger partial charge in [0.2, 0.25) is 0 Å². The van der Waals surface area contributed by atoms with Crippen LogP contribution < -0.4 is 5.32 Å². The van der Waals surface area contributed by atoms with Crippen LogP contribution in [0, 0.1) is 5.92 Å². The van der Waals surface area contributed by atoms with Gasteiger partial charge in [-0.25, -0.2) is 4.79 Å². The minimum Gasteiger partial charge on any atom is -0.480 e. The molecule has 0 spiro atoms. The molecule has 2 saturated carbocycles. The summed E-state index contributed by atoms with van der Waals surface area (Å²) in [7, 11) is 0. The van der Waals surface area contributed by atoms with Crippen LogP contribution in [0.2, 0.25) is 0 Å². The molecule has 1 unspecified atom stereocenters. The molecule has 1 atom stereocenters. The van der Waals surface area contributed by atoms with Crippen molar-refractivity contribution in [2.75, 3.05) is 6.54 Å². The van der Waals surface area contributed by atoms with Crippen LogP contribution in [0.15, 0.2) is 0 Å². The zero-order valence-electron chi connectivity index (χ0n) is 10.9. The monoisotopic (exact) mass is 254 g/mol. The minimum absolute atomic E-state index is 0.136. The van der Waals surface area contributed by atoms with E-state index in [0.717, 1.165) is 12.8 Å². The van der Waals surface area contributed by atoms with Crippen molar-refractivity contribution in [1.29, 1.82) is 0 Å². The summed E-state index contributed by atoms with van der Waals surface area (Å²) in [5.74, 6) is -0.384. The Hall–Kier alpha value is -1.26. The Morgan fingerprint density at radius 2 is 1.89 bits per heavy atom. The van der Waals surface area contributed by atoms with Gasteiger partial charge in [-0.1, -0.05) is 12.8 Å². The van der Waals surface area contributed by atoms with E-state index in [1.165, 1.54) is 30.6 Å². The van der Waals surface area contributed by atoms with Gasteiger partial charge in [-0.3, -0.25) is 4.79 Å². The fraction of sp³-hybridized carbons (Fsp3) is 0.846. The zero-order chi connectivity index (χ0) is 13.1. The van der Waals surface area contributed by atoms with Gasteiger partial charge in [-0.05, 0) is 38.5 Å². The van der Waals surface area contributed by atoms with Gasteiger partial charge in [0.1, 0.15) is 6.54 Å². The minimum atomic E-state index is -0.939. The van der Waals surface area contributed by atoms with E-state index < -0.39 is 5.97 Å². The van der Waals surface area contributed by atoms with E-state index in [9.17, 15) is 9.59 Å². The van der Waals surface area contributed by atoms with E-state index >= 15 is 0 Å². The number of urea groups is 1. The van der Waals surface area contributed by atoms with Gasteiger partial charge in [0.05, 0.1) is 0 Å². The molecule has 0 aromatic heterocycles. The number of amides is 2. The quantitative estimate of drug-likeness (QED) is 0.786. The fourth-order valence-corrected chi connectivity index (χ4v) is 2.75. The zero-order valence-corrected chi connectivity index (χ0v) is 10.9. The number of nitrogens with zero attached hydrogens (tertiary/aromatic N) is 1. The van der Waals surface area contributed by atoms with Crippen molar-refractivity contribution >= 4 is 12.0 Å². The first-order chi connectivity index (χ1) is 8.58. The highest BCUT2D eigenvalue weighted by atomic mass is 16.4. The summed E-state index contributed by atoms with van der Waals surface area (Å²) in [5, 5.41) is 11.8. The number of carbonyl (C=O) groups excluding carboxylic acids is 1. The van der Waals surface area contributed by atoms with Gasteiger partial charge < -0.3 is 15.3 Å². The van der Waals surface area contributed by atoms with Crippen molar-refractivity contribution in [2.24, 2.45) is 5.92 Å². The second-order valence-corrected chi connectivity index (χ2v) is 5.54. The molecule has 0 bridgehead atoms. The predicted molar refractivity (Wildman–Crippen MR) is 67.3 cm³/mol. The molecule has 2 fully saturated rings. The fourth-order valence-electron chi connectivity index (χ4n) is 2.75. The maximum Gasteiger partial charge on any atom is 0.323 e. The Morgan fingerprint density at radius 1 is 1.28 bits per heavy atom. The first-order valence-corrected chi connectivity index (χ1v) is 6.87. The molecule has 5 heteroatoms. The van der Waals surface area contributed by atoms with Gasteiger partial charge in [0.25, 0.3) is 0 Å². The maximum atomic E-state index is 12.1. The van der Waals surface area contributed by atoms with Crippen LogP contribution in [0.1, 0.15) is 45.4 Å². The molecule has 5 nitrogen and oxygen atoms in total. The molecule has 0 heterocycles. The summed E-state index contributed by atoms with van der Waals surface area (Å²) in [6.45, 7) is 1.84. The smallest absolute Gasteiger partial charge is 0.323 e. The van der Waals surface area contributed by atoms with Crippen LogP contribution in [0.5, 0.6) is 0 Å². The summed E-state index contributed by atoms with van der Waals surface area (Å²) in [6.07, 6.45) is 6.68. The van der Waals surface area contributed by atoms with E-state index in [1.54, 1.807) is 0 Å². The number of carbonyl (C=O) groups is 2. The number of hydrogen-bond acceptors (Lipinski definition) is 2. The first-order valence-electron chi connectivity index (χ1n) is 6.87. The summed E-state index contributed by atoms with van der Waals surface area (Å²) in [4.78, 5) is 24.3. The average Bonchev–Trinajstić information content (AvgIpc) is 2.99. The van der Waals surface area contributed by atoms with Crippen LogP contribution >= 0.6 is 0 Å². The van der Waals surface area contributed by atoms with Crippen LogP contribution in [-0.2, 0) is 4.79 Å². The highest BCUT2D eigenvalue weighted by Crippen LogP contribution is 2.29. The standard InChI is InChI=1S/C13H22N2O3/c1-9(10-4-2-3-5-10)14-13(18)15(8-12(16)17)11-6-7-11/h9-11H,2-8H2,1H3,(H,14,18)(H,16,17). The largest absolute Gasteiger partial charge is 0.480 e. The van der Waals surface area contributed by atoms with E-state index in [4.69, 9.17) is 5.11 Å². The van der Waals surface area contributed by atoms with E-state index in [-0.39, 0.29) is 24.7 Å². The number of carboxylic acids is 1. The topological polar surface area (TPSA) is 69.6 Å². The SMILES string of the molecule is CC(NC(=O)N(CC(=O)O)C1CC1)C1CCCC1. The maximum absolute atomic E-state index is 12.1. The van der Waals surface area contributed by atoms with Crippen molar-refractivity contribution in [2.45, 2.75) is 57.5 Å². The van der Waals surface area contributed by atoms with Crippen LogP contribution in [0.3, 0.4) is 0 Å². The molecule has 2 amide bonds. The lowest BCUT2D eigenvalue weighted by molar-refractivity contribution is -0.137. The summed E-state index contributed by atoms with van der Waals surface area (Å²) in [6, 6.07) is 0.0752. The van der Waals surface area contributed by atoms with Crippen molar-refractivity contribution in [1.82, 2.24) is 10.2 Å². The number of nitrogens with one attached hydrogen (secondary N) is 1. The molecular weight excluding hydrogens is 232 g/mol. The third-order valence-corrected chi connectivity index (χ3v) is 4.01. The van der Waals surface area contributed by atoms with Crippen LogP contribution in [0.25, 0.3) is 0 Å². The highest BCUT2D eigenvalue weighted by molar-refractivity contribution is 5.80. The lowest BCUT2D eigenvalue weighted by atomic mass is 10.0. The number of carboxylic acid groups (broad SMARTS) is 1. The third-order valence-electron chi connectivity index (χ3n) is 4.01. The lowest BCUT2D eigenvalue weighted by Gasteiger charge is -2.26. The normalized spacial score (nSPS) is 21.6. The molecule has 0 aliphatic heterocycles. The molecule has 18 heavy (non-hydrogen) atoms. The molecule has 0 aromatic carbocycles. The average molecular weight is 254 g/mol. The highest BCUT2D eigenvalue weighted by Gasteiger charge is 2.35. The Bertz CT molecular complexity index is 322. The Kier molecular flexibility index (Phi) is 4.09. The summed E-state index contributed by atoms with van der Waals surface area (Å²) >= 11 is 0. The molecule has 0 saturated heterocycles. The molecule has 0 radical (unpaired) electrons. The van der Waals surface area contributed by atoms with Crippen molar-refractivity contribution in [3.63, 3.8) is 0 Å². The number of aliphatic carboxylic acids is 1. The number of rotatable bonds is 5. The lowest BCUT2D eigenvalue weighted by Crippen LogP contribution is -2.48. The Morgan fingerprint density at radius 3 is 2.39 bits per heavy atom. The van der Waals surface area contributed by atoms with Gasteiger partial charge in [-0.15, -0.1) is 0 Å². The van der Waals surface area contributed by atoms with Gasteiger partial charge in [0.15, 0.2) is 0 Å². The Balaban J connectivity index is 1.85. The molecule has 2 aliphatic carbocycles. The van der Waals surface area contributed by atoms with Crippen LogP contribution in [-0.4, -0.2) is 40.6 Å². The molecule has 102 valence electrons. The molecular formula is C13H22N2O3. The second-order valence-electron chi connectivity index (χ2n) is 5.54. The van der Waals surface area contributed by atoms with Crippen molar-refractivity contribution < 1.29 is 14.7 Å². The Labute approximate surface area is 108 Å². The van der Waals surface area contributed by atoms with Crippen molar-refractivity contribution in [3.05, 3.63) is 0 Å². The predicted octanol–water partition coefficient (Wildman–Crippen LogP) is 1.82. The molecule has 0 aromatic rings. The molecule has 2 N–H and O–H groups in total. The third kappa shape index (κ3) is 3.37. The molecule has 2 rings (SSSR count). The number of hydrogen-bond donors (Lipinski definition) is 2. The van der Waals surface area contributed by atoms with Crippen molar-refractivity contribution in [3.8, 4) is 0 Å². The van der Waals surface area contributed by atoms with Gasteiger partial charge in [-0.2, -0.15) is 0 Å². The summed E-state index contributed by atoms with van der Waals surface area (Å²) < 4.78 is 0. The van der Waals surface area contributed by atoms with E-state index in [2.05, 4.69) is 5.32 Å². The first kappa shape index (κ1) is 13.2. The second kappa shape index (κ2) is 5.59. The summed E-state index contributed by atoms with van der Waals surface area (Å²) in [5.41, 5.74) is 0. The van der Waals surface area contributed by atoms with Gasteiger partial charge >= 0.3 is 12.0 Å². The van der Waals surface area contributed by atoms with E-state index in [1.807, 2.05) is 6.92 Å². The molecule has 2 aliphatic rings. The van der Waals surface area contributed by atoms with Crippen LogP contribution in [0.4, 0.5) is 4.79 Å². The van der Waals surface area contributed by atoms with Gasteiger partial charge in [0, 0.05) is 12.1 Å².